The third-order valence-electron chi connectivity index (χ3n) is 8.06. The van der Waals surface area contributed by atoms with Crippen LogP contribution in [0, 0.1) is 0 Å². The molecule has 9 heteroatoms. The average molecular weight is 671 g/mol. The van der Waals surface area contributed by atoms with Crippen LogP contribution in [0.1, 0.15) is 29.2 Å². The summed E-state index contributed by atoms with van der Waals surface area (Å²) in [6, 6.07) is 48.5. The summed E-state index contributed by atoms with van der Waals surface area (Å²) >= 11 is 0. The molecule has 2 aromatic heterocycles. The van der Waals surface area contributed by atoms with Crippen LogP contribution in [0.15, 0.2) is 174 Å². The van der Waals surface area contributed by atoms with Gasteiger partial charge >= 0.3 is 0 Å². The number of rotatable bonds is 8. The predicted molar refractivity (Wildman–Crippen MR) is 199 cm³/mol. The standard InChI is InChI=1S/C23H20N2O2.C19H14N4O/c1-27-22-14-18(12-13-21(22)26)20-15-19(16-8-4-2-5-9-16)24-23(25-20)17-10-6-3-7-11-17;1-3-8-15(9-4-1)19-21-17(23-13-7-12-20-23)14-18(22-19)24-16-10-5-2-6-11-16/h2-14,20,26H,15H2,1H3;1-14H. The Morgan fingerprint density at radius 1 is 0.686 bits per heavy atom. The van der Waals surface area contributed by atoms with E-state index in [1.54, 1.807) is 30.1 Å². The minimum absolute atomic E-state index is 0.0950. The highest BCUT2D eigenvalue weighted by Gasteiger charge is 2.23. The lowest BCUT2D eigenvalue weighted by Gasteiger charge is -2.22. The molecule has 0 saturated heterocycles. The highest BCUT2D eigenvalue weighted by molar-refractivity contribution is 6.14. The van der Waals surface area contributed by atoms with Gasteiger partial charge in [0.2, 0.25) is 5.88 Å². The number of aliphatic imine (C=N–C) groups is 2. The Bertz CT molecular complexity index is 2240. The van der Waals surface area contributed by atoms with Gasteiger partial charge in [0.05, 0.1) is 18.9 Å². The first-order valence-corrected chi connectivity index (χ1v) is 16.4. The second kappa shape index (κ2) is 15.6. The van der Waals surface area contributed by atoms with Crippen molar-refractivity contribution in [3.05, 3.63) is 181 Å². The van der Waals surface area contributed by atoms with E-state index in [2.05, 4.69) is 27.2 Å². The van der Waals surface area contributed by atoms with Gasteiger partial charge in [-0.3, -0.25) is 4.99 Å². The topological polar surface area (TPSA) is 107 Å². The van der Waals surface area contributed by atoms with Gasteiger partial charge in [0.15, 0.2) is 29.0 Å². The molecule has 0 spiro atoms. The summed E-state index contributed by atoms with van der Waals surface area (Å²) in [6.07, 6.45) is 4.24. The molecule has 7 aromatic rings. The summed E-state index contributed by atoms with van der Waals surface area (Å²) < 4.78 is 12.8. The lowest BCUT2D eigenvalue weighted by molar-refractivity contribution is 0.372. The van der Waals surface area contributed by atoms with Gasteiger partial charge in [-0.15, -0.1) is 0 Å². The van der Waals surface area contributed by atoms with Crippen LogP contribution in [0.2, 0.25) is 0 Å². The van der Waals surface area contributed by atoms with E-state index in [0.717, 1.165) is 39.6 Å². The summed E-state index contributed by atoms with van der Waals surface area (Å²) in [7, 11) is 1.55. The van der Waals surface area contributed by atoms with Gasteiger partial charge in [-0.2, -0.15) is 10.1 Å². The van der Waals surface area contributed by atoms with Crippen molar-refractivity contribution >= 4 is 11.5 Å². The molecule has 250 valence electrons. The maximum absolute atomic E-state index is 9.91. The van der Waals surface area contributed by atoms with Crippen molar-refractivity contribution < 1.29 is 14.6 Å². The zero-order valence-corrected chi connectivity index (χ0v) is 27.8. The molecule has 1 aliphatic rings. The largest absolute Gasteiger partial charge is 0.504 e. The first-order chi connectivity index (χ1) is 25.1. The molecule has 0 fully saturated rings. The molecular formula is C42H34N6O3. The van der Waals surface area contributed by atoms with Gasteiger partial charge < -0.3 is 14.6 Å². The van der Waals surface area contributed by atoms with Crippen LogP contribution in [-0.4, -0.2) is 43.5 Å². The molecule has 0 saturated carbocycles. The fraction of sp³-hybridized carbons (Fsp3) is 0.0714. The third kappa shape index (κ3) is 8.06. The van der Waals surface area contributed by atoms with E-state index in [9.17, 15) is 5.11 Å². The van der Waals surface area contributed by atoms with Gasteiger partial charge in [-0.25, -0.2) is 14.7 Å². The summed E-state index contributed by atoms with van der Waals surface area (Å²) in [5.41, 5.74) is 4.99. The van der Waals surface area contributed by atoms with Crippen molar-refractivity contribution in [2.24, 2.45) is 9.98 Å². The number of amidine groups is 1. The number of aromatic hydroxyl groups is 1. The molecule has 1 N–H and O–H groups in total. The van der Waals surface area contributed by atoms with Gasteiger partial charge in [-0.1, -0.05) is 115 Å². The Morgan fingerprint density at radius 3 is 1.98 bits per heavy atom. The van der Waals surface area contributed by atoms with Crippen LogP contribution in [0.3, 0.4) is 0 Å². The number of aromatic nitrogens is 4. The number of phenolic OH excluding ortho intramolecular Hbond substituents is 1. The third-order valence-corrected chi connectivity index (χ3v) is 8.06. The van der Waals surface area contributed by atoms with Crippen molar-refractivity contribution in [2.75, 3.05) is 7.11 Å². The van der Waals surface area contributed by atoms with E-state index in [4.69, 9.17) is 19.5 Å². The molecule has 0 radical (unpaired) electrons. The molecule has 5 aromatic carbocycles. The number of benzene rings is 5. The SMILES string of the molecule is COc1cc(C2CC(c3ccccc3)=NC(c3ccccc3)=N2)ccc1O.c1ccc(Oc2cc(-n3cccn3)nc(-c3ccccc3)n2)cc1. The molecule has 0 amide bonds. The lowest BCUT2D eigenvalue weighted by Crippen LogP contribution is -2.17. The average Bonchev–Trinajstić information content (AvgIpc) is 3.75. The number of para-hydroxylation sites is 1. The number of methoxy groups -OCH3 is 1. The Labute approximate surface area is 295 Å². The summed E-state index contributed by atoms with van der Waals surface area (Å²) in [5, 5.41) is 14.1. The van der Waals surface area contributed by atoms with Crippen LogP contribution in [0.5, 0.6) is 23.1 Å². The Balaban J connectivity index is 0.000000160. The van der Waals surface area contributed by atoms with Gasteiger partial charge in [0, 0.05) is 36.0 Å². The van der Waals surface area contributed by atoms with Gasteiger partial charge in [0.1, 0.15) is 5.75 Å². The summed E-state index contributed by atoms with van der Waals surface area (Å²) in [4.78, 5) is 18.9. The normalized spacial score (nSPS) is 13.6. The molecule has 0 bridgehead atoms. The van der Waals surface area contributed by atoms with Crippen LogP contribution in [0.4, 0.5) is 0 Å². The molecule has 1 atom stereocenters. The van der Waals surface area contributed by atoms with E-state index in [1.165, 1.54) is 0 Å². The zero-order valence-electron chi connectivity index (χ0n) is 27.8. The molecule has 0 aliphatic carbocycles. The molecule has 1 aliphatic heterocycles. The number of nitrogens with zero attached hydrogens (tertiary/aromatic N) is 6. The number of hydrogen-bond donors (Lipinski definition) is 1. The van der Waals surface area contributed by atoms with Crippen molar-refractivity contribution in [2.45, 2.75) is 12.5 Å². The van der Waals surface area contributed by atoms with Crippen LogP contribution in [0.25, 0.3) is 17.2 Å². The Morgan fingerprint density at radius 2 is 1.33 bits per heavy atom. The zero-order chi connectivity index (χ0) is 34.8. The summed E-state index contributed by atoms with van der Waals surface area (Å²) in [6.45, 7) is 0. The minimum Gasteiger partial charge on any atom is -0.504 e. The van der Waals surface area contributed by atoms with E-state index in [1.807, 2.05) is 134 Å². The maximum atomic E-state index is 9.91. The molecule has 51 heavy (non-hydrogen) atoms. The summed E-state index contributed by atoms with van der Waals surface area (Å²) in [5.74, 6) is 3.74. The lowest BCUT2D eigenvalue weighted by atomic mass is 9.95. The van der Waals surface area contributed by atoms with Gasteiger partial charge in [0.25, 0.3) is 0 Å². The van der Waals surface area contributed by atoms with E-state index in [0.29, 0.717) is 29.7 Å². The first-order valence-electron chi connectivity index (χ1n) is 16.4. The highest BCUT2D eigenvalue weighted by atomic mass is 16.5. The second-order valence-electron chi connectivity index (χ2n) is 11.5. The fourth-order valence-electron chi connectivity index (χ4n) is 5.52. The fourth-order valence-corrected chi connectivity index (χ4v) is 5.52. The van der Waals surface area contributed by atoms with E-state index in [-0.39, 0.29) is 11.8 Å². The van der Waals surface area contributed by atoms with Crippen molar-refractivity contribution in [1.29, 1.82) is 0 Å². The molecule has 3 heterocycles. The van der Waals surface area contributed by atoms with E-state index >= 15 is 0 Å². The van der Waals surface area contributed by atoms with Crippen molar-refractivity contribution in [3.8, 4) is 40.3 Å². The quantitative estimate of drug-likeness (QED) is 0.173. The molecule has 8 rings (SSSR count). The Kier molecular flexibility index (Phi) is 9.97. The smallest absolute Gasteiger partial charge is 0.225 e. The second-order valence-corrected chi connectivity index (χ2v) is 11.5. The van der Waals surface area contributed by atoms with Gasteiger partial charge in [-0.05, 0) is 41.5 Å². The number of phenols is 1. The molecular weight excluding hydrogens is 637 g/mol. The number of hydrogen-bond acceptors (Lipinski definition) is 8. The monoisotopic (exact) mass is 670 g/mol. The molecule has 9 nitrogen and oxygen atoms in total. The predicted octanol–water partition coefficient (Wildman–Crippen LogP) is 8.90. The van der Waals surface area contributed by atoms with E-state index < -0.39 is 0 Å². The van der Waals surface area contributed by atoms with Crippen molar-refractivity contribution in [1.82, 2.24) is 19.7 Å². The van der Waals surface area contributed by atoms with Crippen LogP contribution in [-0.2, 0) is 0 Å². The van der Waals surface area contributed by atoms with Crippen LogP contribution < -0.4 is 9.47 Å². The van der Waals surface area contributed by atoms with Crippen LogP contribution >= 0.6 is 0 Å². The molecule has 1 unspecified atom stereocenters. The maximum Gasteiger partial charge on any atom is 0.225 e. The number of ether oxygens (including phenoxy) is 2. The Hall–Kier alpha value is -6.87. The van der Waals surface area contributed by atoms with Crippen molar-refractivity contribution in [3.63, 3.8) is 0 Å². The highest BCUT2D eigenvalue weighted by Crippen LogP contribution is 2.34. The minimum atomic E-state index is -0.0950. The first kappa shape index (κ1) is 32.7.